The van der Waals surface area contributed by atoms with Gasteiger partial charge in [-0.15, -0.1) is 0 Å². The zero-order valence-corrected chi connectivity index (χ0v) is 15.0. The second kappa shape index (κ2) is 8.12. The Labute approximate surface area is 153 Å². The number of alkyl halides is 2. The number of anilines is 1. The molecule has 2 aromatic rings. The number of carbonyl (C=O) groups excluding carboxylic acids is 1. The van der Waals surface area contributed by atoms with Gasteiger partial charge in [-0.2, -0.15) is 8.78 Å². The van der Waals surface area contributed by atoms with Gasteiger partial charge in [0.2, 0.25) is 15.7 Å². The molecule has 4 nitrogen and oxygen atoms in total. The van der Waals surface area contributed by atoms with Crippen LogP contribution in [-0.4, -0.2) is 20.1 Å². The third kappa shape index (κ3) is 4.90. The van der Waals surface area contributed by atoms with Crippen molar-refractivity contribution in [2.75, 3.05) is 5.32 Å². The molecule has 0 bridgehead atoms. The van der Waals surface area contributed by atoms with Crippen molar-refractivity contribution in [3.8, 4) is 0 Å². The van der Waals surface area contributed by atoms with E-state index in [2.05, 4.69) is 5.32 Å². The Bertz CT molecular complexity index is 889. The summed E-state index contributed by atoms with van der Waals surface area (Å²) in [4.78, 5) is 11.4. The molecule has 134 valence electrons. The van der Waals surface area contributed by atoms with Crippen molar-refractivity contribution in [3.05, 3.63) is 58.1 Å². The van der Waals surface area contributed by atoms with Gasteiger partial charge in [0.05, 0.1) is 10.6 Å². The largest absolute Gasteiger partial charge is 0.341 e. The number of sulfone groups is 1. The molecule has 0 unspecified atom stereocenters. The summed E-state index contributed by atoms with van der Waals surface area (Å²) >= 11 is 11.8. The number of amides is 1. The number of carbonyl (C=O) groups is 1. The zero-order chi connectivity index (χ0) is 18.6. The fraction of sp³-hybridized carbons (Fsp3) is 0.188. The first-order chi connectivity index (χ1) is 11.7. The minimum absolute atomic E-state index is 0.00951. The number of para-hydroxylation sites is 1. The van der Waals surface area contributed by atoms with Crippen molar-refractivity contribution in [2.45, 2.75) is 23.5 Å². The first kappa shape index (κ1) is 19.6. The van der Waals surface area contributed by atoms with Gasteiger partial charge in [-0.25, -0.2) is 8.42 Å². The number of benzene rings is 2. The first-order valence-electron chi connectivity index (χ1n) is 7.06. The lowest BCUT2D eigenvalue weighted by atomic mass is 10.1. The third-order valence-corrected chi connectivity index (χ3v) is 5.36. The number of rotatable bonds is 6. The number of aryl methyl sites for hydroxylation is 1. The molecule has 0 aliphatic rings. The molecule has 0 saturated carbocycles. The van der Waals surface area contributed by atoms with Crippen LogP contribution in [0.3, 0.4) is 0 Å². The lowest BCUT2D eigenvalue weighted by Crippen LogP contribution is -2.18. The Morgan fingerprint density at radius 1 is 1.12 bits per heavy atom. The maximum Gasteiger partial charge on any atom is 0.341 e. The fourth-order valence-corrected chi connectivity index (χ4v) is 3.49. The molecular weight excluding hydrogens is 395 g/mol. The van der Waals surface area contributed by atoms with Crippen LogP contribution in [0.5, 0.6) is 0 Å². The molecular formula is C16H13Cl2F2NO3S. The van der Waals surface area contributed by atoms with Gasteiger partial charge in [0.15, 0.2) is 0 Å². The third-order valence-electron chi connectivity index (χ3n) is 3.34. The van der Waals surface area contributed by atoms with Crippen molar-refractivity contribution >= 4 is 44.6 Å². The van der Waals surface area contributed by atoms with Crippen molar-refractivity contribution in [1.82, 2.24) is 0 Å². The highest BCUT2D eigenvalue weighted by molar-refractivity contribution is 7.91. The summed E-state index contributed by atoms with van der Waals surface area (Å²) in [6, 6.07) is 9.86. The van der Waals surface area contributed by atoms with E-state index >= 15 is 0 Å². The Kier molecular flexibility index (Phi) is 6.37. The van der Waals surface area contributed by atoms with E-state index in [0.717, 1.165) is 6.07 Å². The molecule has 1 amide bonds. The van der Waals surface area contributed by atoms with Crippen LogP contribution < -0.4 is 5.32 Å². The highest BCUT2D eigenvalue weighted by Gasteiger charge is 2.29. The molecule has 2 rings (SSSR count). The summed E-state index contributed by atoms with van der Waals surface area (Å²) in [5, 5.41) is 3.22. The molecule has 25 heavy (non-hydrogen) atoms. The number of hydrogen-bond donors (Lipinski definition) is 1. The van der Waals surface area contributed by atoms with Gasteiger partial charge in [0, 0.05) is 16.5 Å². The zero-order valence-electron chi connectivity index (χ0n) is 12.7. The normalized spacial score (nSPS) is 11.6. The van der Waals surface area contributed by atoms with Crippen molar-refractivity contribution in [1.29, 1.82) is 0 Å². The Morgan fingerprint density at radius 2 is 1.80 bits per heavy atom. The number of nitrogens with one attached hydrogen (secondary N) is 1. The van der Waals surface area contributed by atoms with Crippen LogP contribution in [0.2, 0.25) is 10.0 Å². The second-order valence-corrected chi connectivity index (χ2v) is 7.82. The molecule has 2 aromatic carbocycles. The molecule has 0 aromatic heterocycles. The van der Waals surface area contributed by atoms with Gasteiger partial charge in [0.25, 0.3) is 0 Å². The highest BCUT2D eigenvalue weighted by Crippen LogP contribution is 2.27. The molecule has 0 heterocycles. The van der Waals surface area contributed by atoms with Crippen LogP contribution in [0.15, 0.2) is 47.4 Å². The smallest absolute Gasteiger partial charge is 0.325 e. The summed E-state index contributed by atoms with van der Waals surface area (Å²) in [7, 11) is -4.82. The van der Waals surface area contributed by atoms with Crippen LogP contribution in [-0.2, 0) is 21.1 Å². The molecule has 0 radical (unpaired) electrons. The van der Waals surface area contributed by atoms with Crippen LogP contribution >= 0.6 is 23.2 Å². The van der Waals surface area contributed by atoms with Crippen LogP contribution in [0.4, 0.5) is 14.5 Å². The van der Waals surface area contributed by atoms with Crippen LogP contribution in [0, 0.1) is 0 Å². The van der Waals surface area contributed by atoms with Crippen molar-refractivity contribution in [2.24, 2.45) is 0 Å². The standard InChI is InChI=1S/C16H13Cl2F2NO3S/c17-11-7-5-10(12(18)9-11)6-8-15(22)21-13-3-1-2-4-14(13)25(23,24)16(19)20/h1-5,7,9,16H,6,8H2,(H,21,22). The lowest BCUT2D eigenvalue weighted by molar-refractivity contribution is -0.116. The van der Waals surface area contributed by atoms with E-state index in [1.807, 2.05) is 0 Å². The number of halogens is 4. The second-order valence-electron chi connectivity index (χ2n) is 5.09. The molecule has 0 aliphatic carbocycles. The van der Waals surface area contributed by atoms with Gasteiger partial charge in [-0.05, 0) is 36.2 Å². The quantitative estimate of drug-likeness (QED) is 0.762. The average Bonchev–Trinajstić information content (AvgIpc) is 2.54. The van der Waals surface area contributed by atoms with E-state index in [1.165, 1.54) is 18.2 Å². The van der Waals surface area contributed by atoms with Gasteiger partial charge < -0.3 is 5.32 Å². The monoisotopic (exact) mass is 407 g/mol. The lowest BCUT2D eigenvalue weighted by Gasteiger charge is -2.11. The van der Waals surface area contributed by atoms with Crippen molar-refractivity contribution in [3.63, 3.8) is 0 Å². The maximum absolute atomic E-state index is 12.7. The fourth-order valence-electron chi connectivity index (χ4n) is 2.10. The first-order valence-corrected chi connectivity index (χ1v) is 9.37. The highest BCUT2D eigenvalue weighted by atomic mass is 35.5. The maximum atomic E-state index is 12.7. The molecule has 0 aliphatic heterocycles. The minimum Gasteiger partial charge on any atom is -0.325 e. The average molecular weight is 408 g/mol. The Morgan fingerprint density at radius 3 is 2.44 bits per heavy atom. The van der Waals surface area contributed by atoms with Crippen LogP contribution in [0.25, 0.3) is 0 Å². The summed E-state index contributed by atoms with van der Waals surface area (Å²) < 4.78 is 48.8. The topological polar surface area (TPSA) is 63.2 Å². The van der Waals surface area contributed by atoms with Gasteiger partial charge >= 0.3 is 5.76 Å². The van der Waals surface area contributed by atoms with E-state index in [4.69, 9.17) is 23.2 Å². The molecule has 0 saturated heterocycles. The molecule has 9 heteroatoms. The molecule has 0 spiro atoms. The van der Waals surface area contributed by atoms with E-state index in [-0.39, 0.29) is 18.5 Å². The molecule has 1 N–H and O–H groups in total. The van der Waals surface area contributed by atoms with Crippen LogP contribution in [0.1, 0.15) is 12.0 Å². The van der Waals surface area contributed by atoms with Gasteiger partial charge in [-0.3, -0.25) is 4.79 Å². The van der Waals surface area contributed by atoms with E-state index in [9.17, 15) is 22.0 Å². The predicted octanol–water partition coefficient (Wildman–Crippen LogP) is 4.56. The number of hydrogen-bond acceptors (Lipinski definition) is 3. The SMILES string of the molecule is O=C(CCc1ccc(Cl)cc1Cl)Nc1ccccc1S(=O)(=O)C(F)F. The van der Waals surface area contributed by atoms with E-state index in [0.29, 0.717) is 15.6 Å². The summed E-state index contributed by atoms with van der Waals surface area (Å²) in [5.41, 5.74) is 0.504. The summed E-state index contributed by atoms with van der Waals surface area (Å²) in [6.45, 7) is 0. The van der Waals surface area contributed by atoms with Crippen molar-refractivity contribution < 1.29 is 22.0 Å². The Balaban J connectivity index is 2.11. The predicted molar refractivity (Wildman–Crippen MR) is 93.0 cm³/mol. The summed E-state index contributed by atoms with van der Waals surface area (Å²) in [6.07, 6.45) is 0.274. The van der Waals surface area contributed by atoms with Gasteiger partial charge in [-0.1, -0.05) is 41.4 Å². The molecule has 0 atom stereocenters. The molecule has 0 fully saturated rings. The Hall–Kier alpha value is -1.70. The van der Waals surface area contributed by atoms with E-state index in [1.54, 1.807) is 18.2 Å². The van der Waals surface area contributed by atoms with Gasteiger partial charge in [0.1, 0.15) is 0 Å². The summed E-state index contributed by atoms with van der Waals surface area (Å²) in [5.74, 6) is -4.10. The minimum atomic E-state index is -4.82. The van der Waals surface area contributed by atoms with E-state index < -0.39 is 26.4 Å².